The minimum Gasteiger partial charge on any atom is -0.490 e. The van der Waals surface area contributed by atoms with Gasteiger partial charge in [0.05, 0.1) is 12.0 Å². The van der Waals surface area contributed by atoms with Crippen LogP contribution in [0, 0.1) is 17.0 Å². The van der Waals surface area contributed by atoms with Crippen LogP contribution in [-0.4, -0.2) is 47.9 Å². The third-order valence-electron chi connectivity index (χ3n) is 4.83. The van der Waals surface area contributed by atoms with Gasteiger partial charge in [-0.15, -0.1) is 0 Å². The molecular formula is C22H27N3O6. The molecule has 0 saturated carbocycles. The van der Waals surface area contributed by atoms with Crippen molar-refractivity contribution in [2.45, 2.75) is 33.4 Å². The lowest BCUT2D eigenvalue weighted by molar-refractivity contribution is -0.385. The molecule has 1 unspecified atom stereocenters. The van der Waals surface area contributed by atoms with Crippen molar-refractivity contribution in [2.24, 2.45) is 0 Å². The highest BCUT2D eigenvalue weighted by atomic mass is 16.6. The smallest absolute Gasteiger partial charge is 0.311 e. The predicted molar refractivity (Wildman–Crippen MR) is 115 cm³/mol. The molecule has 1 atom stereocenters. The zero-order valence-electron chi connectivity index (χ0n) is 18.1. The van der Waals surface area contributed by atoms with Crippen LogP contribution < -0.4 is 14.8 Å². The summed E-state index contributed by atoms with van der Waals surface area (Å²) < 4.78 is 10.6. The third kappa shape index (κ3) is 6.18. The highest BCUT2D eigenvalue weighted by molar-refractivity contribution is 5.88. The van der Waals surface area contributed by atoms with Crippen molar-refractivity contribution in [3.63, 3.8) is 0 Å². The highest BCUT2D eigenvalue weighted by Gasteiger charge is 2.27. The van der Waals surface area contributed by atoms with E-state index in [9.17, 15) is 19.7 Å². The number of rotatable bonds is 10. The van der Waals surface area contributed by atoms with E-state index in [0.717, 1.165) is 11.1 Å². The normalized spacial score (nSPS) is 11.4. The van der Waals surface area contributed by atoms with Gasteiger partial charge in [0.2, 0.25) is 11.7 Å². The fraction of sp³-hybridized carbons (Fsp3) is 0.364. The predicted octanol–water partition coefficient (Wildman–Crippen LogP) is 2.84. The highest BCUT2D eigenvalue weighted by Crippen LogP contribution is 2.30. The summed E-state index contributed by atoms with van der Waals surface area (Å²) in [5, 5.41) is 13.8. The van der Waals surface area contributed by atoms with E-state index in [2.05, 4.69) is 5.32 Å². The summed E-state index contributed by atoms with van der Waals surface area (Å²) in [6.07, 6.45) is 0. The number of likely N-dealkylation sites (N-methyl/N-ethyl adjacent to an activating group) is 1. The Kier molecular flexibility index (Phi) is 8.36. The molecule has 0 radical (unpaired) electrons. The average molecular weight is 429 g/mol. The van der Waals surface area contributed by atoms with Crippen LogP contribution in [-0.2, 0) is 16.1 Å². The molecule has 31 heavy (non-hydrogen) atoms. The molecule has 166 valence electrons. The molecule has 0 fully saturated rings. The SMILES string of the molecule is CCNC(=O)C(C)N(Cc1ccccc1C)C(=O)COc1ccc([N+](=O)[O-])c(OC)c1. The second kappa shape index (κ2) is 11.0. The lowest BCUT2D eigenvalue weighted by Gasteiger charge is -2.29. The quantitative estimate of drug-likeness (QED) is 0.459. The molecule has 1 N–H and O–H groups in total. The Bertz CT molecular complexity index is 947. The standard InChI is InChI=1S/C22H27N3O6/c1-5-23-22(27)16(3)24(13-17-9-7-6-8-15(17)2)21(26)14-31-18-10-11-19(25(28)29)20(12-18)30-4/h6-12,16H,5,13-14H2,1-4H3,(H,23,27). The van der Waals surface area contributed by atoms with Crippen LogP contribution in [0.5, 0.6) is 11.5 Å². The van der Waals surface area contributed by atoms with Crippen molar-refractivity contribution in [3.05, 3.63) is 63.7 Å². The van der Waals surface area contributed by atoms with E-state index < -0.39 is 11.0 Å². The molecule has 0 saturated heterocycles. The van der Waals surface area contributed by atoms with Gasteiger partial charge in [0.1, 0.15) is 11.8 Å². The molecule has 0 aliphatic heterocycles. The van der Waals surface area contributed by atoms with Gasteiger partial charge in [0.15, 0.2) is 6.61 Å². The van der Waals surface area contributed by atoms with E-state index in [0.29, 0.717) is 6.54 Å². The molecule has 0 heterocycles. The number of hydrogen-bond acceptors (Lipinski definition) is 6. The molecule has 9 heteroatoms. The molecular weight excluding hydrogens is 402 g/mol. The number of amides is 2. The van der Waals surface area contributed by atoms with Crippen LogP contribution in [0.2, 0.25) is 0 Å². The van der Waals surface area contributed by atoms with Gasteiger partial charge in [-0.3, -0.25) is 19.7 Å². The Morgan fingerprint density at radius 1 is 1.23 bits per heavy atom. The Hall–Kier alpha value is -3.62. The van der Waals surface area contributed by atoms with Crippen LogP contribution in [0.15, 0.2) is 42.5 Å². The van der Waals surface area contributed by atoms with Crippen LogP contribution in [0.4, 0.5) is 5.69 Å². The lowest BCUT2D eigenvalue weighted by Crippen LogP contribution is -2.49. The number of nitrogens with zero attached hydrogens (tertiary/aromatic N) is 2. The van der Waals surface area contributed by atoms with E-state index in [1.54, 1.807) is 6.92 Å². The molecule has 0 spiro atoms. The second-order valence-electron chi connectivity index (χ2n) is 6.90. The maximum absolute atomic E-state index is 13.0. The first-order valence-corrected chi connectivity index (χ1v) is 9.85. The summed E-state index contributed by atoms with van der Waals surface area (Å²) in [4.78, 5) is 37.3. The largest absolute Gasteiger partial charge is 0.490 e. The van der Waals surface area contributed by atoms with Gasteiger partial charge in [0, 0.05) is 25.2 Å². The molecule has 2 aromatic rings. The molecule has 0 aliphatic rings. The lowest BCUT2D eigenvalue weighted by atomic mass is 10.1. The van der Waals surface area contributed by atoms with Crippen molar-refractivity contribution < 1.29 is 24.0 Å². The summed E-state index contributed by atoms with van der Waals surface area (Å²) in [5.41, 5.74) is 1.72. The minimum absolute atomic E-state index is 0.0300. The van der Waals surface area contributed by atoms with Crippen molar-refractivity contribution in [1.29, 1.82) is 0 Å². The third-order valence-corrected chi connectivity index (χ3v) is 4.83. The number of ether oxygens (including phenoxy) is 2. The number of carbonyl (C=O) groups excluding carboxylic acids is 2. The fourth-order valence-corrected chi connectivity index (χ4v) is 3.00. The van der Waals surface area contributed by atoms with E-state index in [4.69, 9.17) is 9.47 Å². The van der Waals surface area contributed by atoms with E-state index in [1.165, 1.54) is 30.2 Å². The second-order valence-corrected chi connectivity index (χ2v) is 6.90. The minimum atomic E-state index is -0.706. The van der Waals surface area contributed by atoms with Gasteiger partial charge in [0.25, 0.3) is 5.91 Å². The molecule has 2 rings (SSSR count). The van der Waals surface area contributed by atoms with Gasteiger partial charge in [-0.1, -0.05) is 24.3 Å². The van der Waals surface area contributed by atoms with Crippen molar-refractivity contribution >= 4 is 17.5 Å². The van der Waals surface area contributed by atoms with Gasteiger partial charge >= 0.3 is 5.69 Å². The molecule has 0 aliphatic carbocycles. The Balaban J connectivity index is 2.19. The summed E-state index contributed by atoms with van der Waals surface area (Å²) in [7, 11) is 1.31. The summed E-state index contributed by atoms with van der Waals surface area (Å²) in [5.74, 6) is -0.375. The number of carbonyl (C=O) groups is 2. The Morgan fingerprint density at radius 3 is 2.55 bits per heavy atom. The summed E-state index contributed by atoms with van der Waals surface area (Å²) in [6.45, 7) is 5.77. The molecule has 0 bridgehead atoms. The van der Waals surface area contributed by atoms with Crippen molar-refractivity contribution in [1.82, 2.24) is 10.2 Å². The average Bonchev–Trinajstić information content (AvgIpc) is 2.76. The van der Waals surface area contributed by atoms with Crippen molar-refractivity contribution in [3.8, 4) is 11.5 Å². The maximum Gasteiger partial charge on any atom is 0.311 e. The zero-order chi connectivity index (χ0) is 23.0. The van der Waals surface area contributed by atoms with Crippen LogP contribution >= 0.6 is 0 Å². The summed E-state index contributed by atoms with van der Waals surface area (Å²) in [6, 6.07) is 10.9. The Morgan fingerprint density at radius 2 is 1.94 bits per heavy atom. The first-order chi connectivity index (χ1) is 14.8. The Labute approximate surface area is 181 Å². The number of nitro benzene ring substituents is 1. The molecule has 2 amide bonds. The molecule has 0 aromatic heterocycles. The van der Waals surface area contributed by atoms with Crippen LogP contribution in [0.3, 0.4) is 0 Å². The first-order valence-electron chi connectivity index (χ1n) is 9.85. The van der Waals surface area contributed by atoms with Crippen molar-refractivity contribution in [2.75, 3.05) is 20.3 Å². The molecule has 9 nitrogen and oxygen atoms in total. The van der Waals surface area contributed by atoms with Gasteiger partial charge in [-0.2, -0.15) is 0 Å². The number of aryl methyl sites for hydroxylation is 1. The van der Waals surface area contributed by atoms with E-state index in [-0.39, 0.29) is 42.2 Å². The van der Waals surface area contributed by atoms with Crippen LogP contribution in [0.1, 0.15) is 25.0 Å². The number of benzene rings is 2. The van der Waals surface area contributed by atoms with Gasteiger partial charge < -0.3 is 19.7 Å². The zero-order valence-corrected chi connectivity index (χ0v) is 18.1. The fourth-order valence-electron chi connectivity index (χ4n) is 3.00. The molecule has 2 aromatic carbocycles. The topological polar surface area (TPSA) is 111 Å². The number of nitro groups is 1. The number of nitrogens with one attached hydrogen (secondary N) is 1. The van der Waals surface area contributed by atoms with E-state index >= 15 is 0 Å². The van der Waals surface area contributed by atoms with E-state index in [1.807, 2.05) is 38.1 Å². The van der Waals surface area contributed by atoms with Crippen LogP contribution in [0.25, 0.3) is 0 Å². The van der Waals surface area contributed by atoms with Gasteiger partial charge in [-0.25, -0.2) is 0 Å². The monoisotopic (exact) mass is 429 g/mol. The van der Waals surface area contributed by atoms with Gasteiger partial charge in [-0.05, 0) is 38.0 Å². The maximum atomic E-state index is 13.0. The number of methoxy groups -OCH3 is 1. The summed E-state index contributed by atoms with van der Waals surface area (Å²) >= 11 is 0. The first kappa shape index (κ1) is 23.7. The number of hydrogen-bond donors (Lipinski definition) is 1.